The largest absolute Gasteiger partial charge is 0.331 e. The van der Waals surface area contributed by atoms with Gasteiger partial charge in [0.05, 0.1) is 12.2 Å². The van der Waals surface area contributed by atoms with Crippen molar-refractivity contribution in [1.82, 2.24) is 24.9 Å². The first kappa shape index (κ1) is 15.6. The van der Waals surface area contributed by atoms with Crippen LogP contribution in [0, 0.1) is 11.3 Å². The van der Waals surface area contributed by atoms with E-state index in [2.05, 4.69) is 20.8 Å². The molecule has 22 heavy (non-hydrogen) atoms. The lowest BCUT2D eigenvalue weighted by atomic mass is 10.2. The average Bonchev–Trinajstić information content (AvgIpc) is 3.05. The molecule has 0 aliphatic heterocycles. The van der Waals surface area contributed by atoms with Gasteiger partial charge in [-0.15, -0.1) is 0 Å². The third-order valence-corrected chi connectivity index (χ3v) is 3.19. The van der Waals surface area contributed by atoms with Crippen molar-refractivity contribution in [1.29, 1.82) is 5.26 Å². The lowest BCUT2D eigenvalue weighted by Gasteiger charge is -2.12. The van der Waals surface area contributed by atoms with Crippen LogP contribution in [0.2, 0.25) is 0 Å². The fourth-order valence-corrected chi connectivity index (χ4v) is 1.92. The predicted octanol–water partition coefficient (Wildman–Crippen LogP) is 1.95. The summed E-state index contributed by atoms with van der Waals surface area (Å²) in [5.74, 6) is 0.257. The quantitative estimate of drug-likeness (QED) is 0.901. The van der Waals surface area contributed by atoms with Crippen LogP contribution in [0.5, 0.6) is 0 Å². The number of nitrogens with one attached hydrogen (secondary N) is 2. The predicted molar refractivity (Wildman–Crippen MR) is 81.1 cm³/mol. The van der Waals surface area contributed by atoms with Gasteiger partial charge in [0, 0.05) is 31.0 Å². The molecule has 8 nitrogen and oxygen atoms in total. The van der Waals surface area contributed by atoms with Gasteiger partial charge in [-0.2, -0.15) is 15.5 Å². The Balaban J connectivity index is 2.04. The van der Waals surface area contributed by atoms with Crippen molar-refractivity contribution < 1.29 is 4.79 Å². The number of hydrogen-bond acceptors (Lipinski definition) is 4. The fraction of sp³-hybridized carbons (Fsp3) is 0.429. The molecule has 0 aliphatic carbocycles. The van der Waals surface area contributed by atoms with Crippen LogP contribution in [0.25, 0.3) is 0 Å². The maximum Gasteiger partial charge on any atom is 0.320 e. The zero-order valence-electron chi connectivity index (χ0n) is 13.0. The van der Waals surface area contributed by atoms with E-state index >= 15 is 0 Å². The van der Waals surface area contributed by atoms with Gasteiger partial charge in [-0.05, 0) is 20.8 Å². The molecule has 8 heteroatoms. The number of nitrogens with zero attached hydrogens (tertiary/aromatic N) is 5. The third kappa shape index (κ3) is 3.44. The Morgan fingerprint density at radius 3 is 2.64 bits per heavy atom. The van der Waals surface area contributed by atoms with Crippen LogP contribution >= 0.6 is 0 Å². The Bertz CT molecular complexity index is 707. The van der Waals surface area contributed by atoms with Crippen LogP contribution in [0.3, 0.4) is 0 Å². The number of urea groups is 1. The van der Waals surface area contributed by atoms with Gasteiger partial charge in [-0.3, -0.25) is 14.7 Å². The van der Waals surface area contributed by atoms with E-state index in [1.807, 2.05) is 40.1 Å². The molecule has 2 rings (SSSR count). The fourth-order valence-electron chi connectivity index (χ4n) is 1.92. The second-order valence-corrected chi connectivity index (χ2v) is 5.34. The molecular formula is C14H19N7O. The molecule has 2 aromatic rings. The van der Waals surface area contributed by atoms with E-state index in [1.165, 1.54) is 0 Å². The summed E-state index contributed by atoms with van der Waals surface area (Å²) in [4.78, 5) is 12.0. The molecule has 0 saturated heterocycles. The van der Waals surface area contributed by atoms with E-state index in [0.29, 0.717) is 5.56 Å². The number of nitriles is 1. The first-order valence-electron chi connectivity index (χ1n) is 6.96. The molecule has 0 aromatic carbocycles. The minimum Gasteiger partial charge on any atom is -0.331 e. The molecule has 2 amide bonds. The lowest BCUT2D eigenvalue weighted by molar-refractivity contribution is 0.249. The van der Waals surface area contributed by atoms with Gasteiger partial charge in [0.25, 0.3) is 0 Å². The van der Waals surface area contributed by atoms with Gasteiger partial charge in [0.1, 0.15) is 11.6 Å². The van der Waals surface area contributed by atoms with Crippen molar-refractivity contribution in [3.05, 3.63) is 29.7 Å². The zero-order chi connectivity index (χ0) is 16.3. The normalized spacial score (nSPS) is 12.0. The number of aromatic nitrogens is 4. The molecule has 0 bridgehead atoms. The van der Waals surface area contributed by atoms with E-state index in [4.69, 9.17) is 5.26 Å². The van der Waals surface area contributed by atoms with E-state index in [0.717, 1.165) is 5.56 Å². The Kier molecular flexibility index (Phi) is 4.46. The summed E-state index contributed by atoms with van der Waals surface area (Å²) in [6.07, 6.45) is 5.14. The molecular weight excluding hydrogens is 282 g/mol. The molecule has 116 valence electrons. The average molecular weight is 301 g/mol. The Labute approximate surface area is 128 Å². The molecule has 1 atom stereocenters. The highest BCUT2D eigenvalue weighted by Crippen LogP contribution is 2.16. The molecule has 2 heterocycles. The maximum atomic E-state index is 12.0. The number of carbonyl (C=O) groups excluding carboxylic acids is 1. The summed E-state index contributed by atoms with van der Waals surface area (Å²) >= 11 is 0. The molecule has 0 saturated carbocycles. The first-order chi connectivity index (χ1) is 10.4. The molecule has 2 N–H and O–H groups in total. The standard InChI is InChI=1S/C14H19N7O/c1-9(2)21-8-11(5-15)13(19-21)18-14(22)17-10(3)12-6-16-20(4)7-12/h6-10H,1-4H3,(H2,17,18,19,22). The van der Waals surface area contributed by atoms with Crippen molar-refractivity contribution in [2.24, 2.45) is 7.05 Å². The summed E-state index contributed by atoms with van der Waals surface area (Å²) in [6.45, 7) is 5.75. The van der Waals surface area contributed by atoms with Crippen LogP contribution in [0.4, 0.5) is 10.6 Å². The van der Waals surface area contributed by atoms with Crippen molar-refractivity contribution in [2.45, 2.75) is 32.9 Å². The third-order valence-electron chi connectivity index (χ3n) is 3.19. The number of aryl methyl sites for hydroxylation is 1. The summed E-state index contributed by atoms with van der Waals surface area (Å²) < 4.78 is 3.31. The molecule has 1 unspecified atom stereocenters. The number of rotatable bonds is 4. The van der Waals surface area contributed by atoms with E-state index in [-0.39, 0.29) is 17.9 Å². The van der Waals surface area contributed by atoms with Crippen LogP contribution in [-0.2, 0) is 7.05 Å². The minimum atomic E-state index is -0.415. The van der Waals surface area contributed by atoms with Crippen LogP contribution in [0.15, 0.2) is 18.6 Å². The maximum absolute atomic E-state index is 12.0. The molecule has 0 spiro atoms. The highest BCUT2D eigenvalue weighted by atomic mass is 16.2. The Hall–Kier alpha value is -2.82. The monoisotopic (exact) mass is 301 g/mol. The van der Waals surface area contributed by atoms with Crippen molar-refractivity contribution in [3.63, 3.8) is 0 Å². The SMILES string of the molecule is CC(NC(=O)Nc1nn(C(C)C)cc1C#N)c1cnn(C)c1. The minimum absolute atomic E-state index is 0.111. The van der Waals surface area contributed by atoms with Crippen LogP contribution < -0.4 is 10.6 Å². The van der Waals surface area contributed by atoms with Gasteiger partial charge in [0.2, 0.25) is 0 Å². The number of amides is 2. The summed E-state index contributed by atoms with van der Waals surface area (Å²) in [5.41, 5.74) is 1.23. The second kappa shape index (κ2) is 6.30. The topological polar surface area (TPSA) is 101 Å². The number of carbonyl (C=O) groups is 1. The second-order valence-electron chi connectivity index (χ2n) is 5.34. The van der Waals surface area contributed by atoms with Crippen molar-refractivity contribution >= 4 is 11.8 Å². The lowest BCUT2D eigenvalue weighted by Crippen LogP contribution is -2.31. The van der Waals surface area contributed by atoms with Gasteiger partial charge < -0.3 is 5.32 Å². The summed E-state index contributed by atoms with van der Waals surface area (Å²) in [5, 5.41) is 22.8. The first-order valence-corrected chi connectivity index (χ1v) is 6.96. The van der Waals surface area contributed by atoms with Crippen molar-refractivity contribution in [3.8, 4) is 6.07 Å². The van der Waals surface area contributed by atoms with Gasteiger partial charge in [-0.1, -0.05) is 0 Å². The zero-order valence-corrected chi connectivity index (χ0v) is 13.0. The molecule has 0 fully saturated rings. The highest BCUT2D eigenvalue weighted by Gasteiger charge is 2.15. The highest BCUT2D eigenvalue weighted by molar-refractivity contribution is 5.89. The summed E-state index contributed by atoms with van der Waals surface area (Å²) in [7, 11) is 1.81. The van der Waals surface area contributed by atoms with Gasteiger partial charge in [0.15, 0.2) is 5.82 Å². The molecule has 2 aromatic heterocycles. The van der Waals surface area contributed by atoms with Crippen LogP contribution in [0.1, 0.15) is 44.0 Å². The smallest absolute Gasteiger partial charge is 0.320 e. The number of anilines is 1. The van der Waals surface area contributed by atoms with E-state index < -0.39 is 6.03 Å². The van der Waals surface area contributed by atoms with Crippen molar-refractivity contribution in [2.75, 3.05) is 5.32 Å². The van der Waals surface area contributed by atoms with Gasteiger partial charge in [-0.25, -0.2) is 4.79 Å². The Morgan fingerprint density at radius 2 is 2.09 bits per heavy atom. The van der Waals surface area contributed by atoms with Gasteiger partial charge >= 0.3 is 6.03 Å². The molecule has 0 aliphatic rings. The van der Waals surface area contributed by atoms with E-state index in [1.54, 1.807) is 21.8 Å². The molecule has 0 radical (unpaired) electrons. The summed E-state index contributed by atoms with van der Waals surface area (Å²) in [6, 6.07) is 1.52. The number of hydrogen-bond donors (Lipinski definition) is 2. The van der Waals surface area contributed by atoms with E-state index in [9.17, 15) is 4.79 Å². The Morgan fingerprint density at radius 1 is 1.36 bits per heavy atom. The van der Waals surface area contributed by atoms with Crippen LogP contribution in [-0.4, -0.2) is 25.6 Å².